The lowest BCUT2D eigenvalue weighted by Crippen LogP contribution is -2.49. The van der Waals surface area contributed by atoms with E-state index in [9.17, 15) is 13.2 Å². The monoisotopic (exact) mass is 274 g/mol. The number of alkyl halides is 3. The van der Waals surface area contributed by atoms with Crippen molar-refractivity contribution in [1.82, 2.24) is 0 Å². The van der Waals surface area contributed by atoms with E-state index >= 15 is 0 Å². The van der Waals surface area contributed by atoms with Gasteiger partial charge in [-0.05, 0) is 25.3 Å². The van der Waals surface area contributed by atoms with Crippen LogP contribution in [0.15, 0.2) is 30.3 Å². The molecule has 1 fully saturated rings. The molecule has 0 N–H and O–H groups in total. The Morgan fingerprint density at radius 1 is 1.17 bits per heavy atom. The number of hydrogen-bond acceptors (Lipinski definition) is 1. The molecular formula is C13H17F3OSi. The third kappa shape index (κ3) is 3.59. The second-order valence-corrected chi connectivity index (χ2v) is 7.76. The SMILES string of the molecule is FC(F)(F)[SiH](Cc1ccccc1)C1CCCCO1. The fourth-order valence-corrected chi connectivity index (χ4v) is 5.11. The Bertz CT molecular complexity index is 360. The van der Waals surface area contributed by atoms with Crippen molar-refractivity contribution in [1.29, 1.82) is 0 Å². The van der Waals surface area contributed by atoms with E-state index in [0.29, 0.717) is 13.0 Å². The number of halogens is 3. The van der Waals surface area contributed by atoms with Crippen LogP contribution in [0.5, 0.6) is 0 Å². The molecule has 0 aliphatic carbocycles. The zero-order valence-corrected chi connectivity index (χ0v) is 11.3. The average Bonchev–Trinajstić information content (AvgIpc) is 2.37. The van der Waals surface area contributed by atoms with Crippen molar-refractivity contribution >= 4 is 8.80 Å². The molecular weight excluding hydrogens is 257 g/mol. The van der Waals surface area contributed by atoms with Crippen molar-refractivity contribution in [3.05, 3.63) is 35.9 Å². The summed E-state index contributed by atoms with van der Waals surface area (Å²) in [7, 11) is -2.95. The Hall–Kier alpha value is -0.813. The largest absolute Gasteiger partial charge is 0.382 e. The van der Waals surface area contributed by atoms with Gasteiger partial charge in [-0.15, -0.1) is 0 Å². The molecule has 2 atom stereocenters. The minimum Gasteiger partial charge on any atom is -0.382 e. The van der Waals surface area contributed by atoms with Crippen LogP contribution in [0.3, 0.4) is 0 Å². The summed E-state index contributed by atoms with van der Waals surface area (Å²) in [5.41, 5.74) is 0.236. The molecule has 1 aliphatic rings. The van der Waals surface area contributed by atoms with Gasteiger partial charge in [0.1, 0.15) is 0 Å². The fourth-order valence-electron chi connectivity index (χ4n) is 2.41. The van der Waals surface area contributed by atoms with Crippen LogP contribution in [-0.2, 0) is 10.8 Å². The normalized spacial score (nSPS) is 22.7. The zero-order chi connectivity index (χ0) is 13.0. The Morgan fingerprint density at radius 2 is 1.89 bits per heavy atom. The van der Waals surface area contributed by atoms with Crippen LogP contribution in [0.25, 0.3) is 0 Å². The predicted molar refractivity (Wildman–Crippen MR) is 66.9 cm³/mol. The third-order valence-corrected chi connectivity index (χ3v) is 6.56. The van der Waals surface area contributed by atoms with Crippen LogP contribution in [0, 0.1) is 0 Å². The zero-order valence-electron chi connectivity index (χ0n) is 10.1. The standard InChI is InChI=1S/C13H17F3OSi/c14-13(15,16)18(12-8-4-5-9-17-12)10-11-6-2-1-3-7-11/h1-3,6-7,12,18H,4-5,8-10H2. The predicted octanol–water partition coefficient (Wildman–Crippen LogP) is 3.21. The number of ether oxygens (including phenoxy) is 1. The van der Waals surface area contributed by atoms with Crippen molar-refractivity contribution in [3.63, 3.8) is 0 Å². The summed E-state index contributed by atoms with van der Waals surface area (Å²) in [5, 5.41) is 0. The molecule has 0 aromatic heterocycles. The van der Waals surface area contributed by atoms with Gasteiger partial charge in [0.2, 0.25) is 8.80 Å². The highest BCUT2D eigenvalue weighted by Crippen LogP contribution is 2.29. The van der Waals surface area contributed by atoms with Gasteiger partial charge in [-0.1, -0.05) is 35.9 Å². The summed E-state index contributed by atoms with van der Waals surface area (Å²) in [6.45, 7) is 0.485. The molecule has 100 valence electrons. The fraction of sp³-hybridized carbons (Fsp3) is 0.538. The number of rotatable bonds is 3. The number of hydrogen-bond donors (Lipinski definition) is 0. The molecule has 1 heterocycles. The van der Waals surface area contributed by atoms with Gasteiger partial charge in [0.15, 0.2) is 0 Å². The third-order valence-electron chi connectivity index (χ3n) is 3.38. The second kappa shape index (κ2) is 5.89. The van der Waals surface area contributed by atoms with Crippen molar-refractivity contribution in [3.8, 4) is 0 Å². The van der Waals surface area contributed by atoms with E-state index in [2.05, 4.69) is 0 Å². The summed E-state index contributed by atoms with van der Waals surface area (Å²) < 4.78 is 44.9. The summed E-state index contributed by atoms with van der Waals surface area (Å²) in [6.07, 6.45) is 2.32. The van der Waals surface area contributed by atoms with Crippen LogP contribution in [-0.4, -0.2) is 26.9 Å². The summed E-state index contributed by atoms with van der Waals surface area (Å²) >= 11 is 0. The highest BCUT2D eigenvalue weighted by molar-refractivity contribution is 6.61. The molecule has 0 radical (unpaired) electrons. The Morgan fingerprint density at radius 3 is 2.44 bits per heavy atom. The van der Waals surface area contributed by atoms with Crippen LogP contribution in [0.4, 0.5) is 13.2 Å². The van der Waals surface area contributed by atoms with Crippen molar-refractivity contribution < 1.29 is 17.9 Å². The van der Waals surface area contributed by atoms with E-state index in [0.717, 1.165) is 18.4 Å². The molecule has 1 aromatic rings. The van der Waals surface area contributed by atoms with Gasteiger partial charge in [0, 0.05) is 6.61 Å². The molecule has 2 rings (SSSR count). The minimum atomic E-state index is -4.06. The first-order valence-corrected chi connectivity index (χ1v) is 8.35. The van der Waals surface area contributed by atoms with Gasteiger partial charge >= 0.3 is 5.80 Å². The first-order valence-electron chi connectivity index (χ1n) is 6.29. The maximum absolute atomic E-state index is 13.2. The molecule has 1 saturated heterocycles. The van der Waals surface area contributed by atoms with Gasteiger partial charge in [0.25, 0.3) is 0 Å². The Kier molecular flexibility index (Phi) is 4.45. The van der Waals surface area contributed by atoms with Crippen molar-refractivity contribution in [2.45, 2.75) is 36.8 Å². The molecule has 0 bridgehead atoms. The van der Waals surface area contributed by atoms with E-state index in [4.69, 9.17) is 4.74 Å². The van der Waals surface area contributed by atoms with Crippen LogP contribution >= 0.6 is 0 Å². The highest BCUT2D eigenvalue weighted by atomic mass is 28.3. The molecule has 0 amide bonds. The topological polar surface area (TPSA) is 9.23 Å². The van der Waals surface area contributed by atoms with Crippen LogP contribution < -0.4 is 0 Å². The van der Waals surface area contributed by atoms with Gasteiger partial charge in [-0.3, -0.25) is 0 Å². The summed E-state index contributed by atoms with van der Waals surface area (Å²) in [6, 6.07) is 9.10. The number of benzene rings is 1. The van der Waals surface area contributed by atoms with E-state index in [1.54, 1.807) is 24.3 Å². The van der Waals surface area contributed by atoms with Crippen LogP contribution in [0.1, 0.15) is 24.8 Å². The smallest absolute Gasteiger partial charge is 0.361 e. The molecule has 1 aromatic carbocycles. The van der Waals surface area contributed by atoms with Gasteiger partial charge < -0.3 is 4.74 Å². The lowest BCUT2D eigenvalue weighted by molar-refractivity contribution is -0.0636. The Balaban J connectivity index is 2.10. The average molecular weight is 274 g/mol. The first-order chi connectivity index (χ1) is 8.57. The van der Waals surface area contributed by atoms with E-state index < -0.39 is 20.3 Å². The lowest BCUT2D eigenvalue weighted by atomic mass is 10.2. The molecule has 0 saturated carbocycles. The molecule has 5 heteroatoms. The molecule has 1 aliphatic heterocycles. The molecule has 0 spiro atoms. The van der Waals surface area contributed by atoms with Gasteiger partial charge in [-0.25, -0.2) is 0 Å². The second-order valence-electron chi connectivity index (χ2n) is 4.74. The van der Waals surface area contributed by atoms with Crippen molar-refractivity contribution in [2.75, 3.05) is 6.61 Å². The maximum Gasteiger partial charge on any atom is 0.361 e. The summed E-state index contributed by atoms with van der Waals surface area (Å²) in [4.78, 5) is 0. The summed E-state index contributed by atoms with van der Waals surface area (Å²) in [5.74, 6) is -4.06. The molecule has 2 unspecified atom stereocenters. The van der Waals surface area contributed by atoms with E-state index in [1.807, 2.05) is 6.07 Å². The minimum absolute atomic E-state index is 0.148. The lowest BCUT2D eigenvalue weighted by Gasteiger charge is -2.30. The van der Waals surface area contributed by atoms with E-state index in [1.165, 1.54) is 0 Å². The van der Waals surface area contributed by atoms with Gasteiger partial charge in [-0.2, -0.15) is 13.2 Å². The first kappa shape index (κ1) is 13.6. The Labute approximate surface area is 107 Å². The molecule has 1 nitrogen and oxygen atoms in total. The highest BCUT2D eigenvalue weighted by Gasteiger charge is 2.47. The van der Waals surface area contributed by atoms with E-state index in [-0.39, 0.29) is 6.04 Å². The molecule has 18 heavy (non-hydrogen) atoms. The quantitative estimate of drug-likeness (QED) is 0.769. The van der Waals surface area contributed by atoms with Crippen LogP contribution in [0.2, 0.25) is 0 Å². The van der Waals surface area contributed by atoms with Gasteiger partial charge in [0.05, 0.1) is 5.73 Å². The van der Waals surface area contributed by atoms with Crippen molar-refractivity contribution in [2.24, 2.45) is 0 Å². The maximum atomic E-state index is 13.2.